The van der Waals surface area contributed by atoms with Gasteiger partial charge in [0, 0.05) is 27.0 Å². The first-order valence-electron chi connectivity index (χ1n) is 6.65. The predicted octanol–water partition coefficient (Wildman–Crippen LogP) is 4.23. The fourth-order valence-electron chi connectivity index (χ4n) is 1.70. The van der Waals surface area contributed by atoms with Crippen molar-refractivity contribution >= 4 is 27.3 Å². The van der Waals surface area contributed by atoms with Crippen LogP contribution >= 0.6 is 27.3 Å². The van der Waals surface area contributed by atoms with Gasteiger partial charge in [0.25, 0.3) is 0 Å². The number of aromatic nitrogens is 1. The van der Waals surface area contributed by atoms with E-state index >= 15 is 0 Å². The Morgan fingerprint density at radius 2 is 2.10 bits per heavy atom. The molecule has 0 saturated heterocycles. The summed E-state index contributed by atoms with van der Waals surface area (Å²) in [5.74, 6) is 1.47. The molecular formula is C15H19BrN2OS. The Balaban J connectivity index is 1.80. The third-order valence-electron chi connectivity index (χ3n) is 2.63. The molecular weight excluding hydrogens is 336 g/mol. The summed E-state index contributed by atoms with van der Waals surface area (Å²) in [6.45, 7) is 7.00. The second kappa shape index (κ2) is 7.76. The second-order valence-corrected chi connectivity index (χ2v) is 7.19. The maximum Gasteiger partial charge on any atom is 0.139 e. The van der Waals surface area contributed by atoms with Crippen molar-refractivity contribution in [3.8, 4) is 5.75 Å². The van der Waals surface area contributed by atoms with Crippen molar-refractivity contribution < 1.29 is 4.74 Å². The minimum atomic E-state index is 0.590. The van der Waals surface area contributed by atoms with Crippen molar-refractivity contribution in [2.75, 3.05) is 6.54 Å². The lowest BCUT2D eigenvalue weighted by Gasteiger charge is -2.05. The fourth-order valence-corrected chi connectivity index (χ4v) is 2.95. The molecule has 0 fully saturated rings. The van der Waals surface area contributed by atoms with Crippen LogP contribution in [0, 0.1) is 5.92 Å². The Hall–Kier alpha value is -0.910. The Kier molecular flexibility index (Phi) is 6.01. The van der Waals surface area contributed by atoms with Gasteiger partial charge in [0.15, 0.2) is 0 Å². The van der Waals surface area contributed by atoms with Gasteiger partial charge in [0.05, 0.1) is 6.20 Å². The van der Waals surface area contributed by atoms with Gasteiger partial charge in [-0.2, -0.15) is 0 Å². The maximum absolute atomic E-state index is 5.73. The highest BCUT2D eigenvalue weighted by atomic mass is 79.9. The molecule has 0 bridgehead atoms. The van der Waals surface area contributed by atoms with Crippen LogP contribution in [-0.4, -0.2) is 11.5 Å². The van der Waals surface area contributed by atoms with Crippen LogP contribution in [0.25, 0.3) is 0 Å². The van der Waals surface area contributed by atoms with Gasteiger partial charge in [-0.25, -0.2) is 0 Å². The van der Waals surface area contributed by atoms with Gasteiger partial charge in [-0.1, -0.05) is 13.8 Å². The van der Waals surface area contributed by atoms with Crippen LogP contribution in [-0.2, 0) is 13.2 Å². The number of thiophene rings is 1. The SMILES string of the molecule is CC(C)CNCc1ccc(COc2cncc(Br)c2)s1. The van der Waals surface area contributed by atoms with E-state index in [2.05, 4.69) is 52.2 Å². The average Bonchev–Trinajstić information content (AvgIpc) is 2.84. The maximum atomic E-state index is 5.73. The molecule has 3 nitrogen and oxygen atoms in total. The van der Waals surface area contributed by atoms with E-state index in [-0.39, 0.29) is 0 Å². The standard InChI is InChI=1S/C15H19BrN2OS/c1-11(2)6-17-9-14-3-4-15(20-14)10-19-13-5-12(16)7-18-8-13/h3-5,7-8,11,17H,6,9-10H2,1-2H3. The first-order valence-corrected chi connectivity index (χ1v) is 8.26. The molecule has 1 N–H and O–H groups in total. The largest absolute Gasteiger partial charge is 0.486 e. The smallest absolute Gasteiger partial charge is 0.139 e. The molecule has 2 rings (SSSR count). The van der Waals surface area contributed by atoms with Gasteiger partial charge < -0.3 is 10.1 Å². The van der Waals surface area contributed by atoms with E-state index in [1.54, 1.807) is 23.7 Å². The Labute approximate surface area is 132 Å². The van der Waals surface area contributed by atoms with Gasteiger partial charge in [-0.05, 0) is 46.6 Å². The minimum Gasteiger partial charge on any atom is -0.486 e. The summed E-state index contributed by atoms with van der Waals surface area (Å²) in [6.07, 6.45) is 3.47. The van der Waals surface area contributed by atoms with Crippen LogP contribution in [0.5, 0.6) is 5.75 Å². The lowest BCUT2D eigenvalue weighted by Crippen LogP contribution is -2.18. The Bertz CT molecular complexity index is 542. The number of nitrogens with zero attached hydrogens (tertiary/aromatic N) is 1. The van der Waals surface area contributed by atoms with Crippen LogP contribution < -0.4 is 10.1 Å². The van der Waals surface area contributed by atoms with Crippen molar-refractivity contribution in [3.05, 3.63) is 44.8 Å². The third-order valence-corrected chi connectivity index (χ3v) is 4.12. The summed E-state index contributed by atoms with van der Waals surface area (Å²) >= 11 is 5.17. The second-order valence-electron chi connectivity index (χ2n) is 5.02. The molecule has 0 unspecified atom stereocenters. The first kappa shape index (κ1) is 15.5. The van der Waals surface area contributed by atoms with Crippen molar-refractivity contribution in [1.82, 2.24) is 10.3 Å². The lowest BCUT2D eigenvalue weighted by atomic mass is 10.2. The van der Waals surface area contributed by atoms with Gasteiger partial charge >= 0.3 is 0 Å². The first-order chi connectivity index (χ1) is 9.63. The summed E-state index contributed by atoms with van der Waals surface area (Å²) in [7, 11) is 0. The van der Waals surface area contributed by atoms with Crippen molar-refractivity contribution in [2.24, 2.45) is 5.92 Å². The van der Waals surface area contributed by atoms with Crippen LogP contribution in [0.3, 0.4) is 0 Å². The predicted molar refractivity (Wildman–Crippen MR) is 87.1 cm³/mol. The third kappa shape index (κ3) is 5.23. The summed E-state index contributed by atoms with van der Waals surface area (Å²) in [5.41, 5.74) is 0. The number of halogens is 1. The van der Waals surface area contributed by atoms with Gasteiger partial charge in [0.1, 0.15) is 12.4 Å². The Morgan fingerprint density at radius 3 is 2.85 bits per heavy atom. The normalized spacial score (nSPS) is 11.0. The van der Waals surface area contributed by atoms with Crippen LogP contribution in [0.1, 0.15) is 23.6 Å². The molecule has 0 aromatic carbocycles. The number of pyridine rings is 1. The molecule has 2 heterocycles. The monoisotopic (exact) mass is 354 g/mol. The van der Waals surface area contributed by atoms with Crippen molar-refractivity contribution in [1.29, 1.82) is 0 Å². The van der Waals surface area contributed by atoms with Gasteiger partial charge in [-0.3, -0.25) is 4.98 Å². The molecule has 0 spiro atoms. The van der Waals surface area contributed by atoms with E-state index < -0.39 is 0 Å². The van der Waals surface area contributed by atoms with Gasteiger partial charge in [-0.15, -0.1) is 11.3 Å². The molecule has 5 heteroatoms. The zero-order valence-electron chi connectivity index (χ0n) is 11.7. The van der Waals surface area contributed by atoms with E-state index in [0.29, 0.717) is 12.5 Å². The van der Waals surface area contributed by atoms with Gasteiger partial charge in [0.2, 0.25) is 0 Å². The topological polar surface area (TPSA) is 34.1 Å². The van der Waals surface area contributed by atoms with E-state index in [9.17, 15) is 0 Å². The van der Waals surface area contributed by atoms with Crippen LogP contribution in [0.15, 0.2) is 35.1 Å². The number of nitrogens with one attached hydrogen (secondary N) is 1. The zero-order chi connectivity index (χ0) is 14.4. The molecule has 20 heavy (non-hydrogen) atoms. The van der Waals surface area contributed by atoms with Crippen LogP contribution in [0.4, 0.5) is 0 Å². The molecule has 108 valence electrons. The summed E-state index contributed by atoms with van der Waals surface area (Å²) < 4.78 is 6.66. The molecule has 0 aliphatic rings. The summed E-state index contributed by atoms with van der Waals surface area (Å²) in [4.78, 5) is 6.65. The van der Waals surface area contributed by atoms with E-state index in [4.69, 9.17) is 4.74 Å². The fraction of sp³-hybridized carbons (Fsp3) is 0.400. The highest BCUT2D eigenvalue weighted by Gasteiger charge is 2.02. The molecule has 2 aromatic heterocycles. The summed E-state index contributed by atoms with van der Waals surface area (Å²) in [5, 5.41) is 3.45. The van der Waals surface area contributed by atoms with Crippen molar-refractivity contribution in [3.63, 3.8) is 0 Å². The molecule has 0 aliphatic heterocycles. The number of hydrogen-bond acceptors (Lipinski definition) is 4. The number of ether oxygens (including phenoxy) is 1. The average molecular weight is 355 g/mol. The summed E-state index contributed by atoms with van der Waals surface area (Å²) in [6, 6.07) is 6.21. The number of hydrogen-bond donors (Lipinski definition) is 1. The number of rotatable bonds is 7. The van der Waals surface area contributed by atoms with E-state index in [1.165, 1.54) is 9.75 Å². The quantitative estimate of drug-likeness (QED) is 0.807. The Morgan fingerprint density at radius 1 is 1.30 bits per heavy atom. The molecule has 0 atom stereocenters. The van der Waals surface area contributed by atoms with E-state index in [0.717, 1.165) is 23.3 Å². The molecule has 0 aliphatic carbocycles. The van der Waals surface area contributed by atoms with Crippen molar-refractivity contribution in [2.45, 2.75) is 27.0 Å². The molecule has 0 radical (unpaired) electrons. The highest BCUT2D eigenvalue weighted by Crippen LogP contribution is 2.20. The lowest BCUT2D eigenvalue weighted by molar-refractivity contribution is 0.308. The molecule has 0 saturated carbocycles. The highest BCUT2D eigenvalue weighted by molar-refractivity contribution is 9.10. The minimum absolute atomic E-state index is 0.590. The zero-order valence-corrected chi connectivity index (χ0v) is 14.1. The molecule has 0 amide bonds. The van der Waals surface area contributed by atoms with Crippen LogP contribution in [0.2, 0.25) is 0 Å². The molecule has 2 aromatic rings. The van der Waals surface area contributed by atoms with E-state index in [1.807, 2.05) is 6.07 Å².